The Bertz CT molecular complexity index is 1180. The molecule has 0 spiro atoms. The van der Waals surface area contributed by atoms with Crippen LogP contribution in [0, 0.1) is 66.3 Å². The molecule has 4 aliphatic rings. The minimum atomic E-state index is -2.26. The summed E-state index contributed by atoms with van der Waals surface area (Å²) in [5.41, 5.74) is -4.73. The summed E-state index contributed by atoms with van der Waals surface area (Å²) in [6.07, 6.45) is 2.45. The fraction of sp³-hybridized carbons (Fsp3) is 0.545. The van der Waals surface area contributed by atoms with Crippen LogP contribution < -0.4 is 9.47 Å². The van der Waals surface area contributed by atoms with E-state index in [1.807, 2.05) is 12.1 Å². The van der Waals surface area contributed by atoms with Gasteiger partial charge in [-0.2, -0.15) is 15.8 Å². The van der Waals surface area contributed by atoms with Crippen LogP contribution in [0.5, 0.6) is 11.5 Å². The Morgan fingerprint density at radius 1 is 1.06 bits per heavy atom. The van der Waals surface area contributed by atoms with Crippen molar-refractivity contribution >= 4 is 11.6 Å². The number of hydrogen-bond acceptors (Lipinski definition) is 10. The van der Waals surface area contributed by atoms with Crippen LogP contribution in [0.3, 0.4) is 0 Å². The lowest BCUT2D eigenvalue weighted by atomic mass is 9.52. The Hall–Kier alpha value is -3.88. The van der Waals surface area contributed by atoms with E-state index in [0.717, 1.165) is 25.3 Å². The summed E-state index contributed by atoms with van der Waals surface area (Å²) in [5.74, 6) is -2.29. The third-order valence-corrected chi connectivity index (χ3v) is 7.32. The second-order valence-electron chi connectivity index (χ2n) is 8.72. The van der Waals surface area contributed by atoms with E-state index in [1.54, 1.807) is 0 Å². The van der Waals surface area contributed by atoms with Gasteiger partial charge in [0.15, 0.2) is 16.9 Å². The van der Waals surface area contributed by atoms with Crippen LogP contribution in [0.15, 0.2) is 12.1 Å². The van der Waals surface area contributed by atoms with E-state index in [1.165, 1.54) is 6.07 Å². The Labute approximate surface area is 188 Å². The predicted molar refractivity (Wildman–Crippen MR) is 107 cm³/mol. The number of ether oxygens (including phenoxy) is 4. The number of hydrogen-bond donors (Lipinski definition) is 1. The molecular weight excluding hydrogens is 430 g/mol. The van der Waals surface area contributed by atoms with Gasteiger partial charge in [0.05, 0.1) is 40.7 Å². The van der Waals surface area contributed by atoms with Gasteiger partial charge in [0, 0.05) is 6.42 Å². The monoisotopic (exact) mass is 449 g/mol. The summed E-state index contributed by atoms with van der Waals surface area (Å²) in [4.78, 5) is 11.3. The molecule has 2 saturated heterocycles. The highest BCUT2D eigenvalue weighted by atomic mass is 16.7. The molecule has 3 aliphatic heterocycles. The van der Waals surface area contributed by atoms with Crippen molar-refractivity contribution in [3.63, 3.8) is 0 Å². The number of nitrogens with zero attached hydrogens (tertiary/aromatic N) is 4. The van der Waals surface area contributed by atoms with E-state index in [2.05, 4.69) is 6.07 Å². The summed E-state index contributed by atoms with van der Waals surface area (Å²) >= 11 is 0. The number of nitrogens with one attached hydrogen (secondary N) is 1. The minimum absolute atomic E-state index is 0.0924. The fourth-order valence-electron chi connectivity index (χ4n) is 5.81. The smallest absolute Gasteiger partial charge is 0.279 e. The largest absolute Gasteiger partial charge is 0.454 e. The van der Waals surface area contributed by atoms with Gasteiger partial charge < -0.3 is 18.9 Å². The lowest BCUT2D eigenvalue weighted by molar-refractivity contribution is -0.387. The molecule has 0 aromatic heterocycles. The van der Waals surface area contributed by atoms with Gasteiger partial charge in [-0.15, -0.1) is 0 Å². The molecule has 2 bridgehead atoms. The maximum atomic E-state index is 12.0. The van der Waals surface area contributed by atoms with E-state index in [0.29, 0.717) is 19.3 Å². The quantitative estimate of drug-likeness (QED) is 0.522. The van der Waals surface area contributed by atoms with Crippen LogP contribution in [0.1, 0.15) is 50.2 Å². The summed E-state index contributed by atoms with van der Waals surface area (Å²) in [5, 5.41) is 51.8. The molecule has 168 valence electrons. The van der Waals surface area contributed by atoms with Crippen molar-refractivity contribution in [1.82, 2.24) is 0 Å². The zero-order valence-electron chi connectivity index (χ0n) is 17.5. The molecule has 3 fully saturated rings. The lowest BCUT2D eigenvalue weighted by Crippen LogP contribution is -2.59. The summed E-state index contributed by atoms with van der Waals surface area (Å²) in [6, 6.07) is 8.46. The second-order valence-corrected chi connectivity index (χ2v) is 8.72. The summed E-state index contributed by atoms with van der Waals surface area (Å²) < 4.78 is 22.9. The number of fused-ring (bicyclic) bond motifs is 1. The van der Waals surface area contributed by atoms with Crippen molar-refractivity contribution in [3.8, 4) is 29.7 Å². The highest BCUT2D eigenvalue weighted by Gasteiger charge is 2.80. The maximum Gasteiger partial charge on any atom is 0.279 e. The van der Waals surface area contributed by atoms with Gasteiger partial charge in [-0.25, -0.2) is 0 Å². The fourth-order valence-corrected chi connectivity index (χ4v) is 5.81. The van der Waals surface area contributed by atoms with Gasteiger partial charge in [-0.1, -0.05) is 19.3 Å². The topological polar surface area (TPSA) is 175 Å². The molecule has 11 heteroatoms. The van der Waals surface area contributed by atoms with E-state index < -0.39 is 45.1 Å². The van der Waals surface area contributed by atoms with Crippen molar-refractivity contribution in [2.75, 3.05) is 6.79 Å². The first-order valence-corrected chi connectivity index (χ1v) is 10.7. The van der Waals surface area contributed by atoms with E-state index in [9.17, 15) is 25.9 Å². The number of rotatable bonds is 2. The van der Waals surface area contributed by atoms with Crippen LogP contribution in [0.4, 0.5) is 5.69 Å². The van der Waals surface area contributed by atoms with Gasteiger partial charge in [-0.05, 0) is 18.9 Å². The molecular formula is C22H19N5O6. The first-order chi connectivity index (χ1) is 15.9. The zero-order valence-corrected chi connectivity index (χ0v) is 17.5. The molecule has 1 saturated carbocycles. The Kier molecular flexibility index (Phi) is 4.49. The number of nitriles is 3. The van der Waals surface area contributed by atoms with Crippen LogP contribution in [-0.2, 0) is 9.47 Å². The minimum Gasteiger partial charge on any atom is -0.454 e. The SMILES string of the molecule is N#CC1(C#N)C(c2cc3c(cc2[N+](=O)[O-])OCO3)OC23CCCCCCC2C1(C#N)C(=N)O3. The normalized spacial score (nSPS) is 33.3. The Morgan fingerprint density at radius 3 is 2.42 bits per heavy atom. The third kappa shape index (κ3) is 2.47. The molecule has 4 unspecified atom stereocenters. The Morgan fingerprint density at radius 2 is 1.76 bits per heavy atom. The maximum absolute atomic E-state index is 12.0. The Balaban J connectivity index is 1.79. The molecule has 0 radical (unpaired) electrons. The molecule has 5 rings (SSSR count). The van der Waals surface area contributed by atoms with Crippen molar-refractivity contribution < 1.29 is 23.9 Å². The highest BCUT2D eigenvalue weighted by molar-refractivity contribution is 5.89. The van der Waals surface area contributed by atoms with Gasteiger partial charge >= 0.3 is 0 Å². The van der Waals surface area contributed by atoms with E-state index in [4.69, 9.17) is 24.4 Å². The predicted octanol–water partition coefficient (Wildman–Crippen LogP) is 3.61. The molecule has 4 atom stereocenters. The average Bonchev–Trinajstić information content (AvgIpc) is 3.32. The highest BCUT2D eigenvalue weighted by Crippen LogP contribution is 2.69. The molecule has 1 N–H and O–H groups in total. The average molecular weight is 449 g/mol. The molecule has 11 nitrogen and oxygen atoms in total. The van der Waals surface area contributed by atoms with E-state index in [-0.39, 0.29) is 23.9 Å². The van der Waals surface area contributed by atoms with Crippen LogP contribution in [-0.4, -0.2) is 23.4 Å². The number of nitro benzene ring substituents is 1. The molecule has 0 amide bonds. The van der Waals surface area contributed by atoms with Crippen molar-refractivity contribution in [2.24, 2.45) is 16.7 Å². The lowest BCUT2D eigenvalue weighted by Gasteiger charge is -2.50. The van der Waals surface area contributed by atoms with Gasteiger partial charge in [-0.3, -0.25) is 15.5 Å². The first-order valence-electron chi connectivity index (χ1n) is 10.7. The summed E-state index contributed by atoms with van der Waals surface area (Å²) in [6.45, 7) is -0.134. The van der Waals surface area contributed by atoms with Crippen LogP contribution in [0.25, 0.3) is 0 Å². The van der Waals surface area contributed by atoms with Crippen LogP contribution in [0.2, 0.25) is 0 Å². The molecule has 33 heavy (non-hydrogen) atoms. The van der Waals surface area contributed by atoms with Gasteiger partial charge in [0.25, 0.3) is 5.69 Å². The van der Waals surface area contributed by atoms with E-state index >= 15 is 0 Å². The van der Waals surface area contributed by atoms with Gasteiger partial charge in [0.1, 0.15) is 6.10 Å². The molecule has 1 aliphatic carbocycles. The van der Waals surface area contributed by atoms with Crippen molar-refractivity contribution in [1.29, 1.82) is 21.2 Å². The number of nitro groups is 1. The second kappa shape index (κ2) is 7.06. The standard InChI is InChI=1S/C22H19N5O6/c23-9-20(10-24)18(13-7-15-16(31-12-30-15)8-14(13)27(28)29)32-22-6-4-2-1-3-5-17(22)21(20,11-25)19(26)33-22/h7-8,17-18,26H,1-6,12H2. The zero-order chi connectivity index (χ0) is 23.4. The van der Waals surface area contributed by atoms with Crippen LogP contribution >= 0.6 is 0 Å². The molecule has 1 aromatic rings. The van der Waals surface area contributed by atoms with Gasteiger partial charge in [0.2, 0.25) is 23.9 Å². The summed E-state index contributed by atoms with van der Waals surface area (Å²) in [7, 11) is 0. The van der Waals surface area contributed by atoms with Crippen molar-refractivity contribution in [3.05, 3.63) is 27.8 Å². The number of benzene rings is 1. The molecule has 1 aromatic carbocycles. The van der Waals surface area contributed by atoms with Crippen molar-refractivity contribution in [2.45, 2.75) is 50.4 Å². The third-order valence-electron chi connectivity index (χ3n) is 7.32. The molecule has 3 heterocycles. The first kappa shape index (κ1) is 21.0.